The van der Waals surface area contributed by atoms with Crippen molar-refractivity contribution in [1.29, 1.82) is 0 Å². The van der Waals surface area contributed by atoms with Crippen LogP contribution in [0.15, 0.2) is 23.8 Å². The lowest BCUT2D eigenvalue weighted by Crippen LogP contribution is -2.41. The van der Waals surface area contributed by atoms with Crippen molar-refractivity contribution >= 4 is 30.9 Å². The second-order valence-corrected chi connectivity index (χ2v) is 8.94. The van der Waals surface area contributed by atoms with Gasteiger partial charge in [0.15, 0.2) is 0 Å². The zero-order chi connectivity index (χ0) is 20.5. The molecule has 6 nitrogen and oxygen atoms in total. The van der Waals surface area contributed by atoms with Crippen molar-refractivity contribution in [2.75, 3.05) is 6.54 Å². The molecule has 0 saturated carbocycles. The number of amides is 1. The molecule has 1 saturated heterocycles. The molecule has 1 aliphatic rings. The van der Waals surface area contributed by atoms with Crippen LogP contribution in [0.3, 0.4) is 0 Å². The number of aromatic nitrogens is 1. The summed E-state index contributed by atoms with van der Waals surface area (Å²) in [6, 6.07) is 3.51. The van der Waals surface area contributed by atoms with E-state index in [0.29, 0.717) is 16.2 Å². The van der Waals surface area contributed by atoms with E-state index in [4.69, 9.17) is 25.6 Å². The number of carbonyl (C=O) groups excluding carboxylic acids is 1. The molecule has 1 N–H and O–H groups in total. The molecule has 1 aromatic heterocycles. The summed E-state index contributed by atoms with van der Waals surface area (Å²) in [6.45, 7) is 13.5. The van der Waals surface area contributed by atoms with Crippen LogP contribution < -0.4 is 5.32 Å². The van der Waals surface area contributed by atoms with E-state index in [2.05, 4.69) is 10.3 Å². The van der Waals surface area contributed by atoms with Gasteiger partial charge in [0.2, 0.25) is 0 Å². The summed E-state index contributed by atoms with van der Waals surface area (Å²) in [6.07, 6.45) is 2.92. The fourth-order valence-corrected chi connectivity index (χ4v) is 2.54. The molecule has 1 aliphatic heterocycles. The Hall–Kier alpha value is -1.57. The van der Waals surface area contributed by atoms with Crippen LogP contribution in [0.5, 0.6) is 0 Å². The summed E-state index contributed by atoms with van der Waals surface area (Å²) in [5, 5.41) is 3.25. The van der Waals surface area contributed by atoms with Gasteiger partial charge in [0, 0.05) is 12.7 Å². The normalized spacial score (nSPS) is 19.1. The van der Waals surface area contributed by atoms with Gasteiger partial charge in [-0.2, -0.15) is 0 Å². The van der Waals surface area contributed by atoms with Gasteiger partial charge in [-0.05, 0) is 72.1 Å². The Morgan fingerprint density at radius 3 is 2.41 bits per heavy atom. The molecule has 0 atom stereocenters. The van der Waals surface area contributed by atoms with Gasteiger partial charge in [-0.1, -0.05) is 11.6 Å². The van der Waals surface area contributed by atoms with E-state index >= 15 is 0 Å². The van der Waals surface area contributed by atoms with Crippen LogP contribution >= 0.6 is 11.6 Å². The number of nitrogens with zero attached hydrogens (tertiary/aromatic N) is 1. The highest BCUT2D eigenvalue weighted by Gasteiger charge is 2.52. The molecule has 0 bridgehead atoms. The largest absolute Gasteiger partial charge is 0.492 e. The van der Waals surface area contributed by atoms with Gasteiger partial charge < -0.3 is 19.4 Å². The van der Waals surface area contributed by atoms with Gasteiger partial charge in [-0.15, -0.1) is 0 Å². The third-order valence-electron chi connectivity index (χ3n) is 4.50. The zero-order valence-electron chi connectivity index (χ0n) is 17.1. The van der Waals surface area contributed by atoms with Crippen molar-refractivity contribution in [3.63, 3.8) is 0 Å². The number of nitrogens with one attached hydrogen (secondary N) is 1. The van der Waals surface area contributed by atoms with E-state index in [1.54, 1.807) is 24.4 Å². The summed E-state index contributed by atoms with van der Waals surface area (Å²) in [4.78, 5) is 16.4. The SMILES string of the molecule is CC(C)(C)OC(=O)NCC(=Cc1ncccc1Cl)B1OC(C)(C)C(C)(C)O1. The molecule has 27 heavy (non-hydrogen) atoms. The predicted octanol–water partition coefficient (Wildman–Crippen LogP) is 4.27. The van der Waals surface area contributed by atoms with Crippen molar-refractivity contribution in [3.8, 4) is 0 Å². The summed E-state index contributed by atoms with van der Waals surface area (Å²) in [5.41, 5.74) is -0.314. The monoisotopic (exact) mass is 394 g/mol. The van der Waals surface area contributed by atoms with E-state index in [9.17, 15) is 4.79 Å². The maximum absolute atomic E-state index is 12.1. The average molecular weight is 395 g/mol. The fourth-order valence-electron chi connectivity index (χ4n) is 2.36. The highest BCUT2D eigenvalue weighted by Crippen LogP contribution is 2.38. The topological polar surface area (TPSA) is 69.7 Å². The Labute approximate surface area is 166 Å². The molecule has 2 heterocycles. The molecule has 1 aromatic rings. The zero-order valence-corrected chi connectivity index (χ0v) is 17.8. The summed E-state index contributed by atoms with van der Waals surface area (Å²) in [7, 11) is -0.636. The number of alkyl carbamates (subject to hydrolysis) is 1. The quantitative estimate of drug-likeness (QED) is 0.772. The van der Waals surface area contributed by atoms with E-state index in [0.717, 1.165) is 0 Å². The molecular weight excluding hydrogens is 366 g/mol. The van der Waals surface area contributed by atoms with Crippen molar-refractivity contribution in [3.05, 3.63) is 34.5 Å². The number of hydrogen-bond acceptors (Lipinski definition) is 5. The Morgan fingerprint density at radius 2 is 1.89 bits per heavy atom. The first-order chi connectivity index (χ1) is 12.3. The molecule has 0 spiro atoms. The minimum Gasteiger partial charge on any atom is -0.444 e. The van der Waals surface area contributed by atoms with Gasteiger partial charge in [0.1, 0.15) is 5.60 Å². The smallest absolute Gasteiger partial charge is 0.444 e. The van der Waals surface area contributed by atoms with Crippen LogP contribution in [0.2, 0.25) is 5.02 Å². The number of carbonyl (C=O) groups is 1. The van der Waals surface area contributed by atoms with Crippen LogP contribution in [0.25, 0.3) is 6.08 Å². The van der Waals surface area contributed by atoms with Crippen LogP contribution in [0.1, 0.15) is 54.2 Å². The molecule has 2 rings (SSSR count). The number of pyridine rings is 1. The first-order valence-corrected chi connectivity index (χ1v) is 9.32. The minimum atomic E-state index is -0.636. The Balaban J connectivity index is 2.25. The first-order valence-electron chi connectivity index (χ1n) is 8.94. The van der Waals surface area contributed by atoms with E-state index in [-0.39, 0.29) is 6.54 Å². The van der Waals surface area contributed by atoms with Crippen molar-refractivity contribution in [1.82, 2.24) is 10.3 Å². The van der Waals surface area contributed by atoms with Gasteiger partial charge in [-0.25, -0.2) is 4.79 Å². The summed E-state index contributed by atoms with van der Waals surface area (Å²) >= 11 is 6.24. The summed E-state index contributed by atoms with van der Waals surface area (Å²) < 4.78 is 17.5. The second-order valence-electron chi connectivity index (χ2n) is 8.53. The molecule has 0 unspecified atom stereocenters. The lowest BCUT2D eigenvalue weighted by molar-refractivity contribution is 0.00578. The van der Waals surface area contributed by atoms with Crippen molar-refractivity contribution in [2.45, 2.75) is 65.3 Å². The number of hydrogen-bond donors (Lipinski definition) is 1. The number of ether oxygens (including phenoxy) is 1. The van der Waals surface area contributed by atoms with Gasteiger partial charge >= 0.3 is 13.2 Å². The first kappa shape index (κ1) is 21.7. The molecule has 0 radical (unpaired) electrons. The maximum Gasteiger partial charge on any atom is 0.492 e. The molecule has 1 amide bonds. The highest BCUT2D eigenvalue weighted by atomic mass is 35.5. The van der Waals surface area contributed by atoms with Gasteiger partial charge in [-0.3, -0.25) is 4.98 Å². The second kappa shape index (κ2) is 7.82. The van der Waals surface area contributed by atoms with E-state index in [1.807, 2.05) is 48.5 Å². The lowest BCUT2D eigenvalue weighted by Gasteiger charge is -2.32. The highest BCUT2D eigenvalue weighted by molar-refractivity contribution is 6.56. The molecule has 8 heteroatoms. The lowest BCUT2D eigenvalue weighted by atomic mass is 9.77. The van der Waals surface area contributed by atoms with Crippen LogP contribution in [-0.2, 0) is 14.0 Å². The standard InChI is InChI=1S/C19H28BClN2O4/c1-17(2,3)25-16(24)23-12-13(11-15-14(21)9-8-10-22-15)20-26-18(4,5)19(6,7)27-20/h8-11H,12H2,1-7H3,(H,23,24). The van der Waals surface area contributed by atoms with E-state index in [1.165, 1.54) is 0 Å². The Bertz CT molecular complexity index is 713. The molecule has 1 fully saturated rings. The fraction of sp³-hybridized carbons (Fsp3) is 0.579. The van der Waals surface area contributed by atoms with E-state index < -0.39 is 30.0 Å². The third kappa shape index (κ3) is 5.70. The van der Waals surface area contributed by atoms with Crippen LogP contribution in [0, 0.1) is 0 Å². The van der Waals surface area contributed by atoms with Crippen molar-refractivity contribution < 1.29 is 18.8 Å². The molecule has 148 valence electrons. The molecule has 0 aromatic carbocycles. The minimum absolute atomic E-state index is 0.179. The average Bonchev–Trinajstić information content (AvgIpc) is 2.71. The molecule has 0 aliphatic carbocycles. The third-order valence-corrected chi connectivity index (χ3v) is 4.82. The van der Waals surface area contributed by atoms with Gasteiger partial charge in [0.05, 0.1) is 21.9 Å². The van der Waals surface area contributed by atoms with Crippen LogP contribution in [-0.4, -0.2) is 41.5 Å². The predicted molar refractivity (Wildman–Crippen MR) is 108 cm³/mol. The Morgan fingerprint density at radius 1 is 1.30 bits per heavy atom. The Kier molecular flexibility index (Phi) is 6.29. The number of rotatable bonds is 4. The summed E-state index contributed by atoms with van der Waals surface area (Å²) in [5.74, 6) is 0. The van der Waals surface area contributed by atoms with Gasteiger partial charge in [0.25, 0.3) is 0 Å². The number of halogens is 1. The maximum atomic E-state index is 12.1. The van der Waals surface area contributed by atoms with Crippen LogP contribution in [0.4, 0.5) is 4.79 Å². The van der Waals surface area contributed by atoms with Crippen molar-refractivity contribution in [2.24, 2.45) is 0 Å². The molecular formula is C19H28BClN2O4.